The summed E-state index contributed by atoms with van der Waals surface area (Å²) in [5.74, 6) is 1.58. The van der Waals surface area contributed by atoms with Crippen LogP contribution in [0.25, 0.3) is 0 Å². The second-order valence-corrected chi connectivity index (χ2v) is 5.78. The minimum absolute atomic E-state index is 0.191. The zero-order valence-corrected chi connectivity index (χ0v) is 12.5. The second-order valence-electron chi connectivity index (χ2n) is 4.49. The van der Waals surface area contributed by atoms with Crippen LogP contribution in [0.1, 0.15) is 26.9 Å². The molecule has 2 N–H and O–H groups in total. The minimum atomic E-state index is -0.191. The van der Waals surface area contributed by atoms with Gasteiger partial charge in [-0.05, 0) is 43.7 Å². The third-order valence-electron chi connectivity index (χ3n) is 3.13. The number of hydrogen-bond acceptors (Lipinski definition) is 4. The van der Waals surface area contributed by atoms with E-state index in [0.717, 1.165) is 17.1 Å². The topological polar surface area (TPSA) is 44.5 Å². The van der Waals surface area contributed by atoms with Crippen molar-refractivity contribution in [1.29, 1.82) is 0 Å². The molecule has 4 heteroatoms. The van der Waals surface area contributed by atoms with Gasteiger partial charge in [0.1, 0.15) is 11.5 Å². The summed E-state index contributed by atoms with van der Waals surface area (Å²) in [5, 5.41) is 0. The van der Waals surface area contributed by atoms with Crippen molar-refractivity contribution in [2.45, 2.75) is 19.9 Å². The van der Waals surface area contributed by atoms with Crippen LogP contribution >= 0.6 is 11.3 Å². The molecule has 19 heavy (non-hydrogen) atoms. The predicted molar refractivity (Wildman–Crippen MR) is 79.4 cm³/mol. The maximum absolute atomic E-state index is 6.41. The largest absolute Gasteiger partial charge is 0.497 e. The maximum atomic E-state index is 6.41. The van der Waals surface area contributed by atoms with Gasteiger partial charge in [-0.1, -0.05) is 0 Å². The fourth-order valence-electron chi connectivity index (χ4n) is 2.19. The van der Waals surface area contributed by atoms with E-state index >= 15 is 0 Å². The van der Waals surface area contributed by atoms with Crippen molar-refractivity contribution < 1.29 is 9.47 Å². The van der Waals surface area contributed by atoms with Crippen molar-refractivity contribution in [3.8, 4) is 11.5 Å². The van der Waals surface area contributed by atoms with Gasteiger partial charge in [0.15, 0.2) is 0 Å². The summed E-state index contributed by atoms with van der Waals surface area (Å²) in [6.45, 7) is 4.18. The van der Waals surface area contributed by atoms with E-state index in [1.165, 1.54) is 15.3 Å². The second kappa shape index (κ2) is 5.63. The first-order valence-electron chi connectivity index (χ1n) is 6.11. The fourth-order valence-corrected chi connectivity index (χ4v) is 3.25. The van der Waals surface area contributed by atoms with E-state index in [0.29, 0.717) is 0 Å². The Labute approximate surface area is 118 Å². The molecule has 2 rings (SSSR count). The fraction of sp³-hybridized carbons (Fsp3) is 0.333. The molecule has 102 valence electrons. The van der Waals surface area contributed by atoms with Crippen molar-refractivity contribution in [2.24, 2.45) is 5.73 Å². The number of ether oxygens (including phenoxy) is 2. The summed E-state index contributed by atoms with van der Waals surface area (Å²) in [7, 11) is 3.31. The molecule has 0 spiro atoms. The number of thiophene rings is 1. The zero-order chi connectivity index (χ0) is 14.0. The molecule has 1 heterocycles. The van der Waals surface area contributed by atoms with Crippen LogP contribution in [0.3, 0.4) is 0 Å². The molecule has 1 aromatic carbocycles. The normalized spacial score (nSPS) is 12.3. The monoisotopic (exact) mass is 277 g/mol. The van der Waals surface area contributed by atoms with Gasteiger partial charge in [-0.3, -0.25) is 0 Å². The molecule has 0 bridgehead atoms. The van der Waals surface area contributed by atoms with Gasteiger partial charge in [0.25, 0.3) is 0 Å². The van der Waals surface area contributed by atoms with Gasteiger partial charge in [-0.25, -0.2) is 0 Å². The minimum Gasteiger partial charge on any atom is -0.497 e. The molecule has 1 unspecified atom stereocenters. The first-order chi connectivity index (χ1) is 9.06. The quantitative estimate of drug-likeness (QED) is 0.931. The van der Waals surface area contributed by atoms with Crippen LogP contribution in [0.4, 0.5) is 0 Å². The Morgan fingerprint density at radius 3 is 2.37 bits per heavy atom. The number of benzene rings is 1. The summed E-state index contributed by atoms with van der Waals surface area (Å²) in [6, 6.07) is 7.68. The summed E-state index contributed by atoms with van der Waals surface area (Å²) >= 11 is 1.73. The zero-order valence-electron chi connectivity index (χ0n) is 11.7. The summed E-state index contributed by atoms with van der Waals surface area (Å²) in [6.07, 6.45) is 0. The lowest BCUT2D eigenvalue weighted by atomic mass is 10.0. The lowest BCUT2D eigenvalue weighted by Crippen LogP contribution is -2.12. The lowest BCUT2D eigenvalue weighted by Gasteiger charge is -2.16. The number of aryl methyl sites for hydroxylation is 2. The van der Waals surface area contributed by atoms with Crippen molar-refractivity contribution in [3.63, 3.8) is 0 Å². The van der Waals surface area contributed by atoms with Crippen LogP contribution in [0.15, 0.2) is 24.3 Å². The van der Waals surface area contributed by atoms with E-state index in [2.05, 4.69) is 19.9 Å². The molecule has 0 fully saturated rings. The molecule has 0 saturated carbocycles. The van der Waals surface area contributed by atoms with Gasteiger partial charge in [-0.15, -0.1) is 11.3 Å². The lowest BCUT2D eigenvalue weighted by molar-refractivity contribution is 0.397. The molecule has 0 aliphatic carbocycles. The smallest absolute Gasteiger partial charge is 0.124 e. The summed E-state index contributed by atoms with van der Waals surface area (Å²) in [5.41, 5.74) is 8.58. The molecule has 2 aromatic rings. The number of methoxy groups -OCH3 is 2. The highest BCUT2D eigenvalue weighted by Gasteiger charge is 2.18. The molecular weight excluding hydrogens is 258 g/mol. The Balaban J connectivity index is 2.47. The standard InChI is InChI=1S/C15H19NO2S/c1-9-7-10(2)19-15(9)14(16)12-8-11(17-3)5-6-13(12)18-4/h5-8,14H,16H2,1-4H3. The Morgan fingerprint density at radius 1 is 1.11 bits per heavy atom. The molecule has 0 saturated heterocycles. The SMILES string of the molecule is COc1ccc(OC)c(C(N)c2sc(C)cc2C)c1. The van der Waals surface area contributed by atoms with Gasteiger partial charge in [0.2, 0.25) is 0 Å². The Bertz CT molecular complexity index is 578. The van der Waals surface area contributed by atoms with Gasteiger partial charge in [0.05, 0.1) is 20.3 Å². The number of nitrogens with two attached hydrogens (primary N) is 1. The molecule has 3 nitrogen and oxygen atoms in total. The van der Waals surface area contributed by atoms with E-state index < -0.39 is 0 Å². The van der Waals surface area contributed by atoms with Crippen LogP contribution in [-0.4, -0.2) is 14.2 Å². The van der Waals surface area contributed by atoms with Gasteiger partial charge in [-0.2, -0.15) is 0 Å². The molecule has 1 aromatic heterocycles. The van der Waals surface area contributed by atoms with E-state index in [1.807, 2.05) is 18.2 Å². The van der Waals surface area contributed by atoms with E-state index in [-0.39, 0.29) is 6.04 Å². The Hall–Kier alpha value is -1.52. The third kappa shape index (κ3) is 2.74. The van der Waals surface area contributed by atoms with Crippen LogP contribution in [0.2, 0.25) is 0 Å². The number of hydrogen-bond donors (Lipinski definition) is 1. The van der Waals surface area contributed by atoms with Crippen molar-refractivity contribution in [3.05, 3.63) is 45.1 Å². The summed E-state index contributed by atoms with van der Waals surface area (Å²) < 4.78 is 10.7. The number of rotatable bonds is 4. The van der Waals surface area contributed by atoms with Gasteiger partial charge < -0.3 is 15.2 Å². The van der Waals surface area contributed by atoms with E-state index in [9.17, 15) is 0 Å². The van der Waals surface area contributed by atoms with Crippen LogP contribution in [0, 0.1) is 13.8 Å². The Kier molecular flexibility index (Phi) is 4.12. The highest BCUT2D eigenvalue weighted by molar-refractivity contribution is 7.12. The molecular formula is C15H19NO2S. The predicted octanol–water partition coefficient (Wildman–Crippen LogP) is 3.43. The maximum Gasteiger partial charge on any atom is 0.124 e. The summed E-state index contributed by atoms with van der Waals surface area (Å²) in [4.78, 5) is 2.44. The average molecular weight is 277 g/mol. The van der Waals surface area contributed by atoms with E-state index in [1.54, 1.807) is 25.6 Å². The van der Waals surface area contributed by atoms with Crippen LogP contribution in [-0.2, 0) is 0 Å². The first kappa shape index (κ1) is 13.9. The highest BCUT2D eigenvalue weighted by atomic mass is 32.1. The molecule has 0 aliphatic heterocycles. The molecule has 0 aliphatic rings. The van der Waals surface area contributed by atoms with E-state index in [4.69, 9.17) is 15.2 Å². The first-order valence-corrected chi connectivity index (χ1v) is 6.93. The van der Waals surface area contributed by atoms with Gasteiger partial charge >= 0.3 is 0 Å². The van der Waals surface area contributed by atoms with Crippen molar-refractivity contribution in [1.82, 2.24) is 0 Å². The van der Waals surface area contributed by atoms with Crippen molar-refractivity contribution >= 4 is 11.3 Å². The third-order valence-corrected chi connectivity index (χ3v) is 4.37. The van der Waals surface area contributed by atoms with Crippen molar-refractivity contribution in [2.75, 3.05) is 14.2 Å². The van der Waals surface area contributed by atoms with Gasteiger partial charge in [0, 0.05) is 15.3 Å². The molecule has 0 amide bonds. The molecule has 0 radical (unpaired) electrons. The van der Waals surface area contributed by atoms with Crippen LogP contribution < -0.4 is 15.2 Å². The molecule has 1 atom stereocenters. The Morgan fingerprint density at radius 2 is 1.84 bits per heavy atom. The average Bonchev–Trinajstić information content (AvgIpc) is 2.76. The highest BCUT2D eigenvalue weighted by Crippen LogP contribution is 2.36. The van der Waals surface area contributed by atoms with Crippen LogP contribution in [0.5, 0.6) is 11.5 Å².